The molecule has 2 aromatic carbocycles. The molecule has 0 radical (unpaired) electrons. The van der Waals surface area contributed by atoms with Crippen molar-refractivity contribution in [3.05, 3.63) is 57.6 Å². The highest BCUT2D eigenvalue weighted by atomic mass is 35.5. The molecular formula is C19H20ClN3O. The number of anilines is 2. The summed E-state index contributed by atoms with van der Waals surface area (Å²) >= 11 is 5.91. The van der Waals surface area contributed by atoms with Crippen LogP contribution in [0.3, 0.4) is 0 Å². The Kier molecular flexibility index (Phi) is 5.48. The van der Waals surface area contributed by atoms with Gasteiger partial charge in [0.25, 0.3) is 0 Å². The fourth-order valence-electron chi connectivity index (χ4n) is 2.79. The van der Waals surface area contributed by atoms with E-state index < -0.39 is 0 Å². The second kappa shape index (κ2) is 7.37. The second-order valence-corrected chi connectivity index (χ2v) is 6.39. The van der Waals surface area contributed by atoms with Crippen LogP contribution in [0.25, 0.3) is 0 Å². The predicted molar refractivity (Wildman–Crippen MR) is 98.7 cm³/mol. The van der Waals surface area contributed by atoms with E-state index in [0.29, 0.717) is 16.3 Å². The monoisotopic (exact) mass is 341 g/mol. The van der Waals surface area contributed by atoms with Crippen LogP contribution in [0.15, 0.2) is 30.3 Å². The van der Waals surface area contributed by atoms with Crippen LogP contribution < -0.4 is 10.2 Å². The van der Waals surface area contributed by atoms with Gasteiger partial charge >= 0.3 is 0 Å². The third-order valence-corrected chi connectivity index (χ3v) is 4.05. The standard InChI is InChI=1S/C19H20ClN3O/c1-12-7-13(2)19(14(3)8-12)22-18(24)11-23(4)17-6-5-16(20)9-15(17)10-21/h5-9H,11H2,1-4H3,(H,22,24). The first kappa shape index (κ1) is 17.8. The number of likely N-dealkylation sites (N-methyl/N-ethyl adjacent to an activating group) is 1. The zero-order chi connectivity index (χ0) is 17.9. The van der Waals surface area contributed by atoms with Gasteiger partial charge in [-0.3, -0.25) is 4.79 Å². The summed E-state index contributed by atoms with van der Waals surface area (Å²) in [6.07, 6.45) is 0. The van der Waals surface area contributed by atoms with Gasteiger partial charge in [0.2, 0.25) is 5.91 Å². The van der Waals surface area contributed by atoms with E-state index in [0.717, 1.165) is 16.8 Å². The van der Waals surface area contributed by atoms with E-state index >= 15 is 0 Å². The molecule has 0 heterocycles. The average molecular weight is 342 g/mol. The molecule has 0 aromatic heterocycles. The third-order valence-electron chi connectivity index (χ3n) is 3.81. The Morgan fingerprint density at radius 2 is 1.83 bits per heavy atom. The number of nitrogens with zero attached hydrogens (tertiary/aromatic N) is 2. The van der Waals surface area contributed by atoms with Crippen molar-refractivity contribution in [3.63, 3.8) is 0 Å². The Labute approximate surface area is 147 Å². The lowest BCUT2D eigenvalue weighted by molar-refractivity contribution is -0.114. The summed E-state index contributed by atoms with van der Waals surface area (Å²) in [5, 5.41) is 12.7. The van der Waals surface area contributed by atoms with Gasteiger partial charge < -0.3 is 10.2 Å². The molecule has 0 fully saturated rings. The maximum absolute atomic E-state index is 12.4. The van der Waals surface area contributed by atoms with Crippen LogP contribution in [-0.4, -0.2) is 19.5 Å². The lowest BCUT2D eigenvalue weighted by Gasteiger charge is -2.21. The number of amides is 1. The molecule has 0 bridgehead atoms. The van der Waals surface area contributed by atoms with E-state index in [4.69, 9.17) is 11.6 Å². The van der Waals surface area contributed by atoms with Gasteiger partial charge in [0.1, 0.15) is 6.07 Å². The van der Waals surface area contributed by atoms with Crippen LogP contribution in [0, 0.1) is 32.1 Å². The molecule has 0 saturated heterocycles. The minimum atomic E-state index is -0.133. The fraction of sp³-hybridized carbons (Fsp3) is 0.263. The summed E-state index contributed by atoms with van der Waals surface area (Å²) in [6.45, 7) is 6.13. The summed E-state index contributed by atoms with van der Waals surface area (Å²) in [7, 11) is 1.78. The van der Waals surface area contributed by atoms with Crippen molar-refractivity contribution < 1.29 is 4.79 Å². The maximum Gasteiger partial charge on any atom is 0.243 e. The fourth-order valence-corrected chi connectivity index (χ4v) is 2.96. The van der Waals surface area contributed by atoms with Crippen LogP contribution in [0.1, 0.15) is 22.3 Å². The number of aryl methyl sites for hydroxylation is 3. The molecule has 0 saturated carbocycles. The number of nitrogens with one attached hydrogen (secondary N) is 1. The van der Waals surface area contributed by atoms with Crippen molar-refractivity contribution in [2.45, 2.75) is 20.8 Å². The van der Waals surface area contributed by atoms with E-state index in [1.54, 1.807) is 30.1 Å². The Bertz CT molecular complexity index is 801. The van der Waals surface area contributed by atoms with Crippen molar-refractivity contribution in [2.24, 2.45) is 0 Å². The normalized spacial score (nSPS) is 10.2. The molecule has 5 heteroatoms. The molecule has 2 rings (SSSR count). The van der Waals surface area contributed by atoms with Gasteiger partial charge in [-0.1, -0.05) is 29.3 Å². The molecule has 0 aliphatic rings. The highest BCUT2D eigenvalue weighted by Crippen LogP contribution is 2.24. The first-order valence-corrected chi connectivity index (χ1v) is 7.98. The van der Waals surface area contributed by atoms with Gasteiger partial charge in [0.15, 0.2) is 0 Å². The second-order valence-electron chi connectivity index (χ2n) is 5.95. The zero-order valence-corrected chi connectivity index (χ0v) is 15.0. The van der Waals surface area contributed by atoms with Crippen LogP contribution in [0.4, 0.5) is 11.4 Å². The molecule has 0 aliphatic heterocycles. The van der Waals surface area contributed by atoms with Crippen molar-refractivity contribution in [1.29, 1.82) is 5.26 Å². The highest BCUT2D eigenvalue weighted by molar-refractivity contribution is 6.30. The molecule has 0 atom stereocenters. The van der Waals surface area contributed by atoms with E-state index in [9.17, 15) is 10.1 Å². The summed E-state index contributed by atoms with van der Waals surface area (Å²) in [6, 6.07) is 11.2. The number of carbonyl (C=O) groups is 1. The summed E-state index contributed by atoms with van der Waals surface area (Å²) < 4.78 is 0. The minimum absolute atomic E-state index is 0.133. The lowest BCUT2D eigenvalue weighted by Crippen LogP contribution is -2.31. The average Bonchev–Trinajstić information content (AvgIpc) is 2.50. The molecule has 1 amide bonds. The molecule has 24 heavy (non-hydrogen) atoms. The molecule has 1 N–H and O–H groups in total. The van der Waals surface area contributed by atoms with Gasteiger partial charge in [-0.15, -0.1) is 0 Å². The van der Waals surface area contributed by atoms with E-state index in [1.807, 2.05) is 32.9 Å². The smallest absolute Gasteiger partial charge is 0.243 e. The Morgan fingerprint density at radius 3 is 2.42 bits per heavy atom. The van der Waals surface area contributed by atoms with Crippen LogP contribution in [-0.2, 0) is 4.79 Å². The van der Waals surface area contributed by atoms with Gasteiger partial charge in [0, 0.05) is 17.8 Å². The van der Waals surface area contributed by atoms with Gasteiger partial charge in [-0.2, -0.15) is 5.26 Å². The Balaban J connectivity index is 2.15. The number of hydrogen-bond acceptors (Lipinski definition) is 3. The lowest BCUT2D eigenvalue weighted by atomic mass is 10.1. The van der Waals surface area contributed by atoms with Crippen molar-refractivity contribution in [3.8, 4) is 6.07 Å². The number of carbonyl (C=O) groups excluding carboxylic acids is 1. The zero-order valence-electron chi connectivity index (χ0n) is 14.3. The van der Waals surface area contributed by atoms with Crippen LogP contribution in [0.5, 0.6) is 0 Å². The topological polar surface area (TPSA) is 56.1 Å². The molecule has 2 aromatic rings. The number of halogens is 1. The van der Waals surface area contributed by atoms with Crippen molar-refractivity contribution in [2.75, 3.05) is 23.8 Å². The summed E-state index contributed by atoms with van der Waals surface area (Å²) in [5.74, 6) is -0.133. The predicted octanol–water partition coefficient (Wildman–Crippen LogP) is 4.21. The quantitative estimate of drug-likeness (QED) is 0.906. The summed E-state index contributed by atoms with van der Waals surface area (Å²) in [5.41, 5.74) is 5.20. The Hall–Kier alpha value is -2.51. The van der Waals surface area contributed by atoms with Crippen LogP contribution >= 0.6 is 11.6 Å². The molecule has 0 unspecified atom stereocenters. The van der Waals surface area contributed by atoms with E-state index in [-0.39, 0.29) is 12.5 Å². The molecule has 124 valence electrons. The first-order valence-electron chi connectivity index (χ1n) is 7.60. The first-order chi connectivity index (χ1) is 11.3. The van der Waals surface area contributed by atoms with Gasteiger partial charge in [-0.25, -0.2) is 0 Å². The van der Waals surface area contributed by atoms with Gasteiger partial charge in [-0.05, 0) is 50.1 Å². The maximum atomic E-state index is 12.4. The SMILES string of the molecule is Cc1cc(C)c(NC(=O)CN(C)c2ccc(Cl)cc2C#N)c(C)c1. The number of benzene rings is 2. The van der Waals surface area contributed by atoms with Crippen molar-refractivity contribution >= 4 is 28.9 Å². The Morgan fingerprint density at radius 1 is 1.21 bits per heavy atom. The molecule has 0 spiro atoms. The molecule has 4 nitrogen and oxygen atoms in total. The third kappa shape index (κ3) is 4.06. The summed E-state index contributed by atoms with van der Waals surface area (Å²) in [4.78, 5) is 14.1. The van der Waals surface area contributed by atoms with Crippen LogP contribution in [0.2, 0.25) is 5.02 Å². The van der Waals surface area contributed by atoms with Crippen molar-refractivity contribution in [1.82, 2.24) is 0 Å². The molecule has 0 aliphatic carbocycles. The number of nitriles is 1. The number of hydrogen-bond donors (Lipinski definition) is 1. The largest absolute Gasteiger partial charge is 0.364 e. The molecular weight excluding hydrogens is 322 g/mol. The van der Waals surface area contributed by atoms with E-state index in [1.165, 1.54) is 5.56 Å². The number of rotatable bonds is 4. The highest BCUT2D eigenvalue weighted by Gasteiger charge is 2.14. The van der Waals surface area contributed by atoms with E-state index in [2.05, 4.69) is 11.4 Å². The van der Waals surface area contributed by atoms with Gasteiger partial charge in [0.05, 0.1) is 17.8 Å². The minimum Gasteiger partial charge on any atom is -0.364 e.